The van der Waals surface area contributed by atoms with Gasteiger partial charge in [-0.25, -0.2) is 4.79 Å². The van der Waals surface area contributed by atoms with Crippen LogP contribution in [0, 0.1) is 0 Å². The molecule has 0 saturated carbocycles. The second-order valence-electron chi connectivity index (χ2n) is 5.09. The molecule has 1 N–H and O–H groups in total. The van der Waals surface area contributed by atoms with Crippen LogP contribution in [-0.2, 0) is 6.61 Å². The molecule has 0 spiro atoms. The summed E-state index contributed by atoms with van der Waals surface area (Å²) < 4.78 is 11.0. The van der Waals surface area contributed by atoms with Crippen LogP contribution in [0.4, 0.5) is 5.69 Å². The molecule has 0 aliphatic heterocycles. The highest BCUT2D eigenvalue weighted by molar-refractivity contribution is 6.30. The largest absolute Gasteiger partial charge is 0.489 e. The summed E-state index contributed by atoms with van der Waals surface area (Å²) in [7, 11) is 0. The molecule has 1 aromatic heterocycles. The Morgan fingerprint density at radius 3 is 2.83 bits per heavy atom. The molecule has 0 aliphatic rings. The van der Waals surface area contributed by atoms with Crippen molar-refractivity contribution in [1.82, 2.24) is 0 Å². The second kappa shape index (κ2) is 6.75. The average molecular weight is 330 g/mol. The molecule has 23 heavy (non-hydrogen) atoms. The summed E-state index contributed by atoms with van der Waals surface area (Å²) in [4.78, 5) is 11.6. The highest BCUT2D eigenvalue weighted by Crippen LogP contribution is 2.26. The van der Waals surface area contributed by atoms with Gasteiger partial charge in [0.25, 0.3) is 0 Å². The molecular formula is C18H16ClNO3. The molecule has 0 saturated heterocycles. The second-order valence-corrected chi connectivity index (χ2v) is 5.52. The zero-order valence-corrected chi connectivity index (χ0v) is 13.4. The Labute approximate surface area is 138 Å². The number of ether oxygens (including phenoxy) is 1. The first-order chi connectivity index (χ1) is 11.2. The van der Waals surface area contributed by atoms with E-state index in [0.29, 0.717) is 23.0 Å². The first-order valence-electron chi connectivity index (χ1n) is 7.35. The van der Waals surface area contributed by atoms with Crippen LogP contribution in [0.5, 0.6) is 5.75 Å². The van der Waals surface area contributed by atoms with Gasteiger partial charge in [0.1, 0.15) is 17.9 Å². The van der Waals surface area contributed by atoms with E-state index in [1.807, 2.05) is 43.3 Å². The Balaban J connectivity index is 1.86. The number of hydrogen-bond acceptors (Lipinski definition) is 4. The molecule has 0 amide bonds. The lowest BCUT2D eigenvalue weighted by Gasteiger charge is -2.09. The van der Waals surface area contributed by atoms with E-state index in [0.717, 1.165) is 23.2 Å². The van der Waals surface area contributed by atoms with Crippen molar-refractivity contribution in [2.24, 2.45) is 0 Å². The fourth-order valence-corrected chi connectivity index (χ4v) is 2.58. The van der Waals surface area contributed by atoms with Gasteiger partial charge >= 0.3 is 5.63 Å². The summed E-state index contributed by atoms with van der Waals surface area (Å²) in [5.41, 5.74) is 1.85. The van der Waals surface area contributed by atoms with Crippen LogP contribution in [0.2, 0.25) is 5.02 Å². The van der Waals surface area contributed by atoms with Crippen LogP contribution >= 0.6 is 11.6 Å². The molecule has 0 unspecified atom stereocenters. The monoisotopic (exact) mass is 329 g/mol. The molecule has 0 bridgehead atoms. The lowest BCUT2D eigenvalue weighted by molar-refractivity contribution is 0.306. The summed E-state index contributed by atoms with van der Waals surface area (Å²) in [5.74, 6) is 0.634. The predicted molar refractivity (Wildman–Crippen MR) is 92.4 cm³/mol. The van der Waals surface area contributed by atoms with Gasteiger partial charge in [-0.15, -0.1) is 0 Å². The molecule has 118 valence electrons. The van der Waals surface area contributed by atoms with Gasteiger partial charge in [-0.2, -0.15) is 0 Å². The maximum absolute atomic E-state index is 11.6. The van der Waals surface area contributed by atoms with Crippen LogP contribution in [0.3, 0.4) is 0 Å². The highest BCUT2D eigenvalue weighted by atomic mass is 35.5. The number of halogens is 1. The van der Waals surface area contributed by atoms with Crippen LogP contribution < -0.4 is 15.7 Å². The van der Waals surface area contributed by atoms with Crippen LogP contribution in [0.15, 0.2) is 57.7 Å². The van der Waals surface area contributed by atoms with Gasteiger partial charge in [0, 0.05) is 29.1 Å². The SMILES string of the molecule is CCNc1cc(=O)oc2cc(OCc3cccc(Cl)c3)ccc12. The minimum absolute atomic E-state index is 0.388. The maximum Gasteiger partial charge on any atom is 0.338 e. The molecule has 4 nitrogen and oxygen atoms in total. The maximum atomic E-state index is 11.6. The van der Waals surface area contributed by atoms with Crippen molar-refractivity contribution >= 4 is 28.3 Å². The molecule has 0 aliphatic carbocycles. The van der Waals surface area contributed by atoms with Crippen molar-refractivity contribution in [2.45, 2.75) is 13.5 Å². The lowest BCUT2D eigenvalue weighted by Crippen LogP contribution is -2.04. The van der Waals surface area contributed by atoms with Gasteiger partial charge in [-0.05, 0) is 36.8 Å². The van der Waals surface area contributed by atoms with E-state index in [9.17, 15) is 4.79 Å². The summed E-state index contributed by atoms with van der Waals surface area (Å²) in [5, 5.41) is 4.68. The van der Waals surface area contributed by atoms with E-state index in [-0.39, 0.29) is 5.63 Å². The molecule has 0 radical (unpaired) electrons. The Morgan fingerprint density at radius 1 is 1.17 bits per heavy atom. The minimum atomic E-state index is -0.388. The summed E-state index contributed by atoms with van der Waals surface area (Å²) in [6, 6.07) is 14.4. The van der Waals surface area contributed by atoms with Gasteiger partial charge in [0.05, 0.1) is 5.69 Å². The topological polar surface area (TPSA) is 51.5 Å². The number of rotatable bonds is 5. The van der Waals surface area contributed by atoms with E-state index in [2.05, 4.69) is 5.32 Å². The average Bonchev–Trinajstić information content (AvgIpc) is 2.53. The fourth-order valence-electron chi connectivity index (χ4n) is 2.36. The molecule has 3 rings (SSSR count). The number of benzene rings is 2. The molecule has 5 heteroatoms. The van der Waals surface area contributed by atoms with Gasteiger partial charge in [0.2, 0.25) is 0 Å². The number of nitrogens with one attached hydrogen (secondary N) is 1. The van der Waals surface area contributed by atoms with Crippen molar-refractivity contribution < 1.29 is 9.15 Å². The van der Waals surface area contributed by atoms with Crippen LogP contribution in [-0.4, -0.2) is 6.54 Å². The minimum Gasteiger partial charge on any atom is -0.489 e. The Bertz CT molecular complexity index is 889. The van der Waals surface area contributed by atoms with Crippen LogP contribution in [0.1, 0.15) is 12.5 Å². The third-order valence-electron chi connectivity index (χ3n) is 3.38. The van der Waals surface area contributed by atoms with E-state index in [4.69, 9.17) is 20.8 Å². The Morgan fingerprint density at radius 2 is 2.04 bits per heavy atom. The number of hydrogen-bond donors (Lipinski definition) is 1. The van der Waals surface area contributed by atoms with Gasteiger partial charge in [-0.1, -0.05) is 23.7 Å². The van der Waals surface area contributed by atoms with Crippen molar-refractivity contribution in [3.8, 4) is 5.75 Å². The molecule has 3 aromatic rings. The summed E-state index contributed by atoms with van der Waals surface area (Å²) in [6.07, 6.45) is 0. The van der Waals surface area contributed by atoms with Crippen molar-refractivity contribution in [3.63, 3.8) is 0 Å². The third kappa shape index (κ3) is 3.66. The van der Waals surface area contributed by atoms with Crippen LogP contribution in [0.25, 0.3) is 11.0 Å². The molecule has 0 atom stereocenters. The molecule has 2 aromatic carbocycles. The summed E-state index contributed by atoms with van der Waals surface area (Å²) in [6.45, 7) is 3.09. The van der Waals surface area contributed by atoms with E-state index in [1.54, 1.807) is 6.07 Å². The van der Waals surface area contributed by atoms with Gasteiger partial charge in [-0.3, -0.25) is 0 Å². The normalized spacial score (nSPS) is 10.7. The quantitative estimate of drug-likeness (QED) is 0.702. The zero-order valence-electron chi connectivity index (χ0n) is 12.6. The zero-order chi connectivity index (χ0) is 16.2. The van der Waals surface area contributed by atoms with E-state index in [1.165, 1.54) is 6.07 Å². The van der Waals surface area contributed by atoms with E-state index < -0.39 is 0 Å². The standard InChI is InChI=1S/C18H16ClNO3/c1-2-20-16-10-18(21)23-17-9-14(6-7-15(16)17)22-11-12-4-3-5-13(19)8-12/h3-10,20H,2,11H2,1H3. The summed E-state index contributed by atoms with van der Waals surface area (Å²) >= 11 is 5.96. The third-order valence-corrected chi connectivity index (χ3v) is 3.61. The number of anilines is 1. The Kier molecular flexibility index (Phi) is 4.53. The predicted octanol–water partition coefficient (Wildman–Crippen LogP) is 4.46. The van der Waals surface area contributed by atoms with Gasteiger partial charge in [0.15, 0.2) is 0 Å². The number of fused-ring (bicyclic) bond motifs is 1. The van der Waals surface area contributed by atoms with Gasteiger partial charge < -0.3 is 14.5 Å². The smallest absolute Gasteiger partial charge is 0.338 e. The lowest BCUT2D eigenvalue weighted by atomic mass is 10.2. The van der Waals surface area contributed by atoms with E-state index >= 15 is 0 Å². The van der Waals surface area contributed by atoms with Crippen molar-refractivity contribution in [2.75, 3.05) is 11.9 Å². The molecule has 0 fully saturated rings. The van der Waals surface area contributed by atoms with Crippen molar-refractivity contribution in [3.05, 3.63) is 69.5 Å². The van der Waals surface area contributed by atoms with Crippen molar-refractivity contribution in [1.29, 1.82) is 0 Å². The fraction of sp³-hybridized carbons (Fsp3) is 0.167. The first kappa shape index (κ1) is 15.4. The molecular weight excluding hydrogens is 314 g/mol. The molecule has 1 heterocycles. The highest BCUT2D eigenvalue weighted by Gasteiger charge is 2.07. The first-order valence-corrected chi connectivity index (χ1v) is 7.72. The Hall–Kier alpha value is -2.46.